The average Bonchev–Trinajstić information content (AvgIpc) is 2.53. The first kappa shape index (κ1) is 7.79. The van der Waals surface area contributed by atoms with Gasteiger partial charge in [0.1, 0.15) is 0 Å². The number of hydrogen-bond donors (Lipinski definition) is 0. The third-order valence-electron chi connectivity index (χ3n) is 1.84. The first-order valence-electron chi connectivity index (χ1n) is 3.89. The molecule has 0 bridgehead atoms. The van der Waals surface area contributed by atoms with Crippen LogP contribution in [0.1, 0.15) is 5.56 Å². The van der Waals surface area contributed by atoms with E-state index in [4.69, 9.17) is 0 Å². The van der Waals surface area contributed by atoms with Crippen molar-refractivity contribution in [1.29, 1.82) is 0 Å². The number of rotatable bonds is 1. The standard InChI is InChI=1S/C9H8N2O2/c1-7-2-4-8(5-3-7)9-6-10-13-11(9)12/h2-6H,1H3. The molecule has 1 aromatic heterocycles. The van der Waals surface area contributed by atoms with E-state index in [9.17, 15) is 5.21 Å². The Kier molecular flexibility index (Phi) is 1.73. The molecule has 2 rings (SSSR count). The summed E-state index contributed by atoms with van der Waals surface area (Å²) in [4.78, 5) is 0.394. The van der Waals surface area contributed by atoms with Crippen molar-refractivity contribution in [2.45, 2.75) is 6.92 Å². The van der Waals surface area contributed by atoms with Gasteiger partial charge in [0.25, 0.3) is 0 Å². The van der Waals surface area contributed by atoms with Crippen LogP contribution in [0, 0.1) is 12.1 Å². The molecule has 0 amide bonds. The van der Waals surface area contributed by atoms with Crippen molar-refractivity contribution in [3.8, 4) is 11.3 Å². The lowest BCUT2D eigenvalue weighted by Gasteiger charge is -1.96. The fraction of sp³-hybridized carbons (Fsp3) is 0.111. The van der Waals surface area contributed by atoms with E-state index in [1.54, 1.807) is 0 Å². The Morgan fingerprint density at radius 1 is 1.31 bits per heavy atom. The van der Waals surface area contributed by atoms with E-state index in [0.29, 0.717) is 10.6 Å². The summed E-state index contributed by atoms with van der Waals surface area (Å²) in [7, 11) is 0. The highest BCUT2D eigenvalue weighted by molar-refractivity contribution is 5.55. The van der Waals surface area contributed by atoms with Crippen molar-refractivity contribution in [1.82, 2.24) is 5.16 Å². The van der Waals surface area contributed by atoms with Gasteiger partial charge >= 0.3 is 0 Å². The molecular weight excluding hydrogens is 168 g/mol. The van der Waals surface area contributed by atoms with Crippen molar-refractivity contribution < 1.29 is 9.53 Å². The van der Waals surface area contributed by atoms with Gasteiger partial charge in [0, 0.05) is 10.7 Å². The minimum Gasteiger partial charge on any atom is -0.359 e. The fourth-order valence-electron chi connectivity index (χ4n) is 1.11. The van der Waals surface area contributed by atoms with Gasteiger partial charge in [0.2, 0.25) is 11.9 Å². The van der Waals surface area contributed by atoms with Crippen LogP contribution in [0.4, 0.5) is 0 Å². The van der Waals surface area contributed by atoms with Gasteiger partial charge in [-0.2, -0.15) is 0 Å². The Hall–Kier alpha value is -1.84. The quantitative estimate of drug-likeness (QED) is 0.615. The monoisotopic (exact) mass is 176 g/mol. The maximum atomic E-state index is 11.0. The highest BCUT2D eigenvalue weighted by Gasteiger charge is 2.08. The zero-order valence-electron chi connectivity index (χ0n) is 7.10. The van der Waals surface area contributed by atoms with Crippen LogP contribution in [0.25, 0.3) is 11.3 Å². The van der Waals surface area contributed by atoms with E-state index in [1.807, 2.05) is 31.2 Å². The van der Waals surface area contributed by atoms with Gasteiger partial charge in [0.15, 0.2) is 0 Å². The fourth-order valence-corrected chi connectivity index (χ4v) is 1.11. The minimum absolute atomic E-state index is 0.394. The molecule has 0 unspecified atom stereocenters. The van der Waals surface area contributed by atoms with Gasteiger partial charge in [-0.15, -0.1) is 0 Å². The Bertz CT molecular complexity index is 406. The van der Waals surface area contributed by atoms with Crippen LogP contribution >= 0.6 is 0 Å². The van der Waals surface area contributed by atoms with Gasteiger partial charge in [-0.25, -0.2) is 0 Å². The molecule has 1 heterocycles. The van der Waals surface area contributed by atoms with Crippen molar-refractivity contribution in [2.24, 2.45) is 0 Å². The summed E-state index contributed by atoms with van der Waals surface area (Å²) in [6.07, 6.45) is 1.40. The summed E-state index contributed by atoms with van der Waals surface area (Å²) >= 11 is 0. The topological polar surface area (TPSA) is 53.0 Å². The molecule has 0 saturated carbocycles. The molecule has 0 aliphatic rings. The maximum absolute atomic E-state index is 11.0. The van der Waals surface area contributed by atoms with E-state index < -0.39 is 0 Å². The van der Waals surface area contributed by atoms with Crippen LogP contribution in [0.3, 0.4) is 0 Å². The first-order chi connectivity index (χ1) is 6.27. The molecule has 1 aromatic carbocycles. The predicted octanol–water partition coefficient (Wildman–Crippen LogP) is 1.28. The van der Waals surface area contributed by atoms with Crippen molar-refractivity contribution >= 4 is 0 Å². The third kappa shape index (κ3) is 1.38. The summed E-state index contributed by atoms with van der Waals surface area (Å²) in [5.41, 5.74) is 2.39. The molecule has 0 N–H and O–H groups in total. The van der Waals surface area contributed by atoms with Crippen LogP contribution in [0.15, 0.2) is 35.1 Å². The van der Waals surface area contributed by atoms with E-state index in [1.165, 1.54) is 6.20 Å². The lowest BCUT2D eigenvalue weighted by molar-refractivity contribution is -0.793. The van der Waals surface area contributed by atoms with Crippen LogP contribution in [-0.2, 0) is 0 Å². The van der Waals surface area contributed by atoms with Crippen LogP contribution in [0.2, 0.25) is 0 Å². The van der Waals surface area contributed by atoms with Gasteiger partial charge in [-0.3, -0.25) is 4.63 Å². The summed E-state index contributed by atoms with van der Waals surface area (Å²) in [5.74, 6) is 0. The van der Waals surface area contributed by atoms with Gasteiger partial charge in [0.05, 0.1) is 0 Å². The van der Waals surface area contributed by atoms with Crippen molar-refractivity contribution in [2.75, 3.05) is 0 Å². The number of nitrogens with zero attached hydrogens (tertiary/aromatic N) is 2. The molecule has 0 atom stereocenters. The molecule has 0 aliphatic carbocycles. The van der Waals surface area contributed by atoms with E-state index in [2.05, 4.69) is 9.79 Å². The van der Waals surface area contributed by atoms with Crippen molar-refractivity contribution in [3.05, 3.63) is 41.2 Å². The second-order valence-corrected chi connectivity index (χ2v) is 2.82. The van der Waals surface area contributed by atoms with Gasteiger partial charge < -0.3 is 5.21 Å². The Morgan fingerprint density at radius 3 is 2.54 bits per heavy atom. The zero-order chi connectivity index (χ0) is 9.26. The molecular formula is C9H8N2O2. The minimum atomic E-state index is 0.394. The van der Waals surface area contributed by atoms with Gasteiger partial charge in [-0.1, -0.05) is 29.8 Å². The number of aryl methyl sites for hydroxylation is 1. The lowest BCUT2D eigenvalue weighted by Crippen LogP contribution is -2.24. The van der Waals surface area contributed by atoms with Crippen LogP contribution in [-0.4, -0.2) is 5.16 Å². The average molecular weight is 176 g/mol. The zero-order valence-corrected chi connectivity index (χ0v) is 7.10. The molecule has 0 spiro atoms. The summed E-state index contributed by atoms with van der Waals surface area (Å²) < 4.78 is 4.36. The highest BCUT2D eigenvalue weighted by Crippen LogP contribution is 2.14. The Morgan fingerprint density at radius 2 is 2.00 bits per heavy atom. The van der Waals surface area contributed by atoms with E-state index in [-0.39, 0.29) is 0 Å². The molecule has 0 saturated heterocycles. The number of hydrogen-bond acceptors (Lipinski definition) is 3. The SMILES string of the molecule is Cc1ccc(-c2cno[n+]2[O-])cc1. The molecule has 0 fully saturated rings. The summed E-state index contributed by atoms with van der Waals surface area (Å²) in [6.45, 7) is 1.99. The van der Waals surface area contributed by atoms with E-state index in [0.717, 1.165) is 11.1 Å². The largest absolute Gasteiger partial charge is 0.359 e. The Labute approximate surface area is 74.9 Å². The smallest absolute Gasteiger partial charge is 0.225 e. The molecule has 66 valence electrons. The summed E-state index contributed by atoms with van der Waals surface area (Å²) in [5, 5.41) is 14.4. The van der Waals surface area contributed by atoms with Crippen molar-refractivity contribution in [3.63, 3.8) is 0 Å². The molecule has 0 aliphatic heterocycles. The molecule has 2 aromatic rings. The second kappa shape index (κ2) is 2.90. The van der Waals surface area contributed by atoms with Gasteiger partial charge in [-0.05, 0) is 11.8 Å². The molecule has 0 radical (unpaired) electrons. The summed E-state index contributed by atoms with van der Waals surface area (Å²) in [6, 6.07) is 7.58. The number of benzene rings is 1. The van der Waals surface area contributed by atoms with Crippen LogP contribution < -0.4 is 4.90 Å². The number of aromatic nitrogens is 2. The lowest BCUT2D eigenvalue weighted by atomic mass is 10.1. The normalized spacial score (nSPS) is 10.2. The highest BCUT2D eigenvalue weighted by atomic mass is 16.8. The van der Waals surface area contributed by atoms with Crippen LogP contribution in [0.5, 0.6) is 0 Å². The molecule has 4 nitrogen and oxygen atoms in total. The van der Waals surface area contributed by atoms with E-state index >= 15 is 0 Å². The molecule has 13 heavy (non-hydrogen) atoms. The first-order valence-corrected chi connectivity index (χ1v) is 3.89. The molecule has 4 heteroatoms. The third-order valence-corrected chi connectivity index (χ3v) is 1.84. The second-order valence-electron chi connectivity index (χ2n) is 2.82. The Balaban J connectivity index is 2.47. The predicted molar refractivity (Wildman–Crippen MR) is 45.6 cm³/mol. The maximum Gasteiger partial charge on any atom is 0.225 e.